The lowest BCUT2D eigenvalue weighted by Gasteiger charge is -2.13. The van der Waals surface area contributed by atoms with Crippen LogP contribution in [0, 0.1) is 0 Å². The van der Waals surface area contributed by atoms with Crippen molar-refractivity contribution in [2.45, 2.75) is 26.9 Å². The van der Waals surface area contributed by atoms with Gasteiger partial charge in [0.2, 0.25) is 0 Å². The number of aliphatic imine (C=N–C) groups is 1. The molecule has 0 saturated heterocycles. The molecule has 1 N–H and O–H groups in total. The molecule has 0 aliphatic rings. The Balaban J connectivity index is 3.41. The molecular formula is C16H16Cl3NO5. The molecule has 0 heterocycles. The second-order valence-corrected chi connectivity index (χ2v) is 6.25. The molecule has 0 aliphatic heterocycles. The van der Waals surface area contributed by atoms with Gasteiger partial charge in [-0.3, -0.25) is 4.99 Å². The van der Waals surface area contributed by atoms with Crippen molar-refractivity contribution in [3.8, 4) is 0 Å². The minimum atomic E-state index is -0.792. The summed E-state index contributed by atoms with van der Waals surface area (Å²) in [6, 6.07) is 1.32. The van der Waals surface area contributed by atoms with E-state index in [-0.39, 0.29) is 37.7 Å². The number of hydrogen-bond acceptors (Lipinski definition) is 6. The number of methoxy groups -OCH3 is 1. The largest absolute Gasteiger partial charge is 0.512 e. The lowest BCUT2D eigenvalue weighted by atomic mass is 10.2. The molecule has 0 spiro atoms. The van der Waals surface area contributed by atoms with Gasteiger partial charge in [0.05, 0.1) is 34.0 Å². The SMILES string of the molecule is COC(=O)C(C=Nc1cc(Cl)c(Cl)c(C(=O)OC(C)C)c1Cl)=C(C)O. The highest BCUT2D eigenvalue weighted by Gasteiger charge is 2.23. The molecule has 1 aromatic carbocycles. The van der Waals surface area contributed by atoms with Gasteiger partial charge in [0.1, 0.15) is 16.9 Å². The number of benzene rings is 1. The summed E-state index contributed by atoms with van der Waals surface area (Å²) in [7, 11) is 1.16. The van der Waals surface area contributed by atoms with Gasteiger partial charge in [-0.05, 0) is 26.8 Å². The van der Waals surface area contributed by atoms with E-state index in [1.807, 2.05) is 0 Å². The van der Waals surface area contributed by atoms with Crippen LogP contribution < -0.4 is 0 Å². The molecule has 0 amide bonds. The predicted molar refractivity (Wildman–Crippen MR) is 97.5 cm³/mol. The van der Waals surface area contributed by atoms with Crippen molar-refractivity contribution in [1.82, 2.24) is 0 Å². The summed E-state index contributed by atoms with van der Waals surface area (Å²) in [6.45, 7) is 4.63. The first-order valence-electron chi connectivity index (χ1n) is 7.00. The average molecular weight is 409 g/mol. The highest BCUT2D eigenvalue weighted by atomic mass is 35.5. The lowest BCUT2D eigenvalue weighted by molar-refractivity contribution is -0.135. The normalized spacial score (nSPS) is 12.3. The third kappa shape index (κ3) is 5.36. The first-order valence-corrected chi connectivity index (χ1v) is 8.14. The Morgan fingerprint density at radius 3 is 2.32 bits per heavy atom. The highest BCUT2D eigenvalue weighted by molar-refractivity contribution is 6.47. The molecule has 25 heavy (non-hydrogen) atoms. The minimum absolute atomic E-state index is 0.0261. The highest BCUT2D eigenvalue weighted by Crippen LogP contribution is 2.39. The van der Waals surface area contributed by atoms with Crippen LogP contribution in [-0.4, -0.2) is 36.5 Å². The Hall–Kier alpha value is -1.76. The molecule has 0 aliphatic carbocycles. The fraction of sp³-hybridized carbons (Fsp3) is 0.312. The van der Waals surface area contributed by atoms with Gasteiger partial charge in [-0.1, -0.05) is 34.8 Å². The first-order chi connectivity index (χ1) is 11.6. The van der Waals surface area contributed by atoms with Gasteiger partial charge in [-0.2, -0.15) is 0 Å². The number of nitrogens with zero attached hydrogens (tertiary/aromatic N) is 1. The zero-order chi connectivity index (χ0) is 19.3. The molecule has 0 fully saturated rings. The summed E-state index contributed by atoms with van der Waals surface area (Å²) in [5.41, 5.74) is -0.258. The Bertz CT molecular complexity index is 753. The van der Waals surface area contributed by atoms with Crippen LogP contribution in [0.4, 0.5) is 5.69 Å². The summed E-state index contributed by atoms with van der Waals surface area (Å²) >= 11 is 18.2. The van der Waals surface area contributed by atoms with Gasteiger partial charge in [-0.15, -0.1) is 0 Å². The third-order valence-electron chi connectivity index (χ3n) is 2.81. The second-order valence-electron chi connectivity index (χ2n) is 5.08. The van der Waals surface area contributed by atoms with Gasteiger partial charge in [0, 0.05) is 6.21 Å². The Morgan fingerprint density at radius 2 is 1.84 bits per heavy atom. The molecule has 9 heteroatoms. The average Bonchev–Trinajstić information content (AvgIpc) is 2.51. The molecule has 0 aromatic heterocycles. The molecule has 0 radical (unpaired) electrons. The van der Waals surface area contributed by atoms with Crippen LogP contribution in [-0.2, 0) is 14.3 Å². The summed E-state index contributed by atoms with van der Waals surface area (Å²) in [5, 5.41) is 9.39. The molecule has 1 aromatic rings. The third-order valence-corrected chi connectivity index (χ3v) is 3.98. The topological polar surface area (TPSA) is 85.2 Å². The second kappa shape index (κ2) is 9.08. The van der Waals surface area contributed by atoms with Gasteiger partial charge in [0.15, 0.2) is 0 Å². The monoisotopic (exact) mass is 407 g/mol. The van der Waals surface area contributed by atoms with E-state index in [9.17, 15) is 14.7 Å². The summed E-state index contributed by atoms with van der Waals surface area (Å²) in [4.78, 5) is 27.8. The molecular weight excluding hydrogens is 393 g/mol. The van der Waals surface area contributed by atoms with E-state index >= 15 is 0 Å². The van der Waals surface area contributed by atoms with Crippen molar-refractivity contribution in [1.29, 1.82) is 0 Å². The van der Waals surface area contributed by atoms with Gasteiger partial charge < -0.3 is 14.6 Å². The van der Waals surface area contributed by atoms with Crippen LogP contribution in [0.15, 0.2) is 22.4 Å². The number of halogens is 3. The fourth-order valence-corrected chi connectivity index (χ4v) is 2.42. The molecule has 0 atom stereocenters. The van der Waals surface area contributed by atoms with E-state index in [4.69, 9.17) is 39.5 Å². The number of rotatable bonds is 5. The van der Waals surface area contributed by atoms with Crippen molar-refractivity contribution in [3.63, 3.8) is 0 Å². The van der Waals surface area contributed by atoms with Crippen molar-refractivity contribution in [2.24, 2.45) is 4.99 Å². The van der Waals surface area contributed by atoms with Crippen molar-refractivity contribution < 1.29 is 24.2 Å². The number of aliphatic hydroxyl groups excluding tert-OH is 1. The maximum absolute atomic E-state index is 12.2. The summed E-state index contributed by atoms with van der Waals surface area (Å²) in [5.74, 6) is -1.85. The van der Waals surface area contributed by atoms with Gasteiger partial charge in [0.25, 0.3) is 0 Å². The van der Waals surface area contributed by atoms with E-state index in [0.717, 1.165) is 13.3 Å². The lowest BCUT2D eigenvalue weighted by Crippen LogP contribution is -2.13. The number of carbonyl (C=O) groups is 2. The summed E-state index contributed by atoms with van der Waals surface area (Å²) < 4.78 is 9.62. The van der Waals surface area contributed by atoms with Crippen LogP contribution in [0.3, 0.4) is 0 Å². The zero-order valence-corrected chi connectivity index (χ0v) is 16.2. The van der Waals surface area contributed by atoms with Gasteiger partial charge >= 0.3 is 11.9 Å². The van der Waals surface area contributed by atoms with Gasteiger partial charge in [-0.25, -0.2) is 9.59 Å². The number of aliphatic hydroxyl groups is 1. The number of hydrogen-bond donors (Lipinski definition) is 1. The van der Waals surface area contributed by atoms with Crippen molar-refractivity contribution in [3.05, 3.63) is 38.0 Å². The van der Waals surface area contributed by atoms with E-state index < -0.39 is 18.0 Å². The fourth-order valence-electron chi connectivity index (χ4n) is 1.67. The van der Waals surface area contributed by atoms with Crippen molar-refractivity contribution >= 4 is 58.6 Å². The number of esters is 2. The van der Waals surface area contributed by atoms with Crippen LogP contribution in [0.25, 0.3) is 0 Å². The quantitative estimate of drug-likeness (QED) is 0.246. The van der Waals surface area contributed by atoms with Crippen LogP contribution in [0.1, 0.15) is 31.1 Å². The number of carbonyl (C=O) groups excluding carboxylic acids is 2. The number of allylic oxidation sites excluding steroid dienone is 1. The maximum Gasteiger partial charge on any atom is 0.342 e. The minimum Gasteiger partial charge on any atom is -0.512 e. The van der Waals surface area contributed by atoms with E-state index in [0.29, 0.717) is 0 Å². The Kier molecular flexibility index (Phi) is 7.73. The van der Waals surface area contributed by atoms with Crippen LogP contribution in [0.5, 0.6) is 0 Å². The predicted octanol–water partition coefficient (Wildman–Crippen LogP) is 4.92. The molecule has 0 saturated carbocycles. The Labute approximate surface area is 160 Å². The molecule has 0 unspecified atom stereocenters. The van der Waals surface area contributed by atoms with E-state index in [1.54, 1.807) is 13.8 Å². The molecule has 0 bridgehead atoms. The molecule has 1 rings (SSSR count). The van der Waals surface area contributed by atoms with E-state index in [1.165, 1.54) is 13.0 Å². The standard InChI is InChI=1S/C16H16Cl3NO5/c1-7(2)25-16(23)12-13(18)10(17)5-11(14(12)19)20-6-9(8(3)21)15(22)24-4/h5-7,21H,1-4H3. The number of ether oxygens (including phenoxy) is 2. The zero-order valence-electron chi connectivity index (χ0n) is 13.9. The summed E-state index contributed by atoms with van der Waals surface area (Å²) in [6.07, 6.45) is 0.654. The first kappa shape index (κ1) is 21.3. The van der Waals surface area contributed by atoms with Crippen molar-refractivity contribution in [2.75, 3.05) is 7.11 Å². The Morgan fingerprint density at radius 1 is 1.24 bits per heavy atom. The van der Waals surface area contributed by atoms with E-state index in [2.05, 4.69) is 9.73 Å². The smallest absolute Gasteiger partial charge is 0.342 e. The van der Waals surface area contributed by atoms with Crippen LogP contribution in [0.2, 0.25) is 15.1 Å². The maximum atomic E-state index is 12.2. The molecule has 6 nitrogen and oxygen atoms in total. The van der Waals surface area contributed by atoms with Crippen LogP contribution >= 0.6 is 34.8 Å². The molecule has 136 valence electrons.